The fourth-order valence-corrected chi connectivity index (χ4v) is 2.02. The summed E-state index contributed by atoms with van der Waals surface area (Å²) >= 11 is 0. The van der Waals surface area contributed by atoms with E-state index in [2.05, 4.69) is 4.74 Å². The Bertz CT molecular complexity index is 310. The lowest BCUT2D eigenvalue weighted by Gasteiger charge is -2.29. The topological polar surface area (TPSA) is 43.4 Å². The second-order valence-corrected chi connectivity index (χ2v) is 4.59. The van der Waals surface area contributed by atoms with Crippen molar-refractivity contribution in [2.24, 2.45) is 5.41 Å². The average Bonchev–Trinajstić information content (AvgIpc) is 1.99. The van der Waals surface area contributed by atoms with Gasteiger partial charge in [-0.1, -0.05) is 19.4 Å². The molecule has 0 saturated heterocycles. The maximum Gasteiger partial charge on any atom is 0.341 e. The molecule has 0 spiro atoms. The number of Topliss-reactive ketones (excluding diaryl/α,β-unsaturated/α-hetero) is 1. The van der Waals surface area contributed by atoms with Crippen molar-refractivity contribution in [3.05, 3.63) is 11.1 Å². The van der Waals surface area contributed by atoms with Crippen molar-refractivity contribution in [1.29, 1.82) is 0 Å². The third-order valence-electron chi connectivity index (χ3n) is 2.48. The molecule has 0 radical (unpaired) electrons. The van der Waals surface area contributed by atoms with Gasteiger partial charge in [-0.25, -0.2) is 4.79 Å². The van der Waals surface area contributed by atoms with Crippen LogP contribution < -0.4 is 0 Å². The highest BCUT2D eigenvalue weighted by Crippen LogP contribution is 2.36. The minimum Gasteiger partial charge on any atom is -0.465 e. The van der Waals surface area contributed by atoms with Gasteiger partial charge in [0.05, 0.1) is 7.11 Å². The predicted octanol–water partition coefficient (Wildman–Crippen LogP) is 1.86. The van der Waals surface area contributed by atoms with Crippen LogP contribution in [0.3, 0.4) is 0 Å². The van der Waals surface area contributed by atoms with E-state index in [4.69, 9.17) is 0 Å². The average molecular weight is 196 g/mol. The van der Waals surface area contributed by atoms with Crippen LogP contribution in [0.25, 0.3) is 0 Å². The summed E-state index contributed by atoms with van der Waals surface area (Å²) < 4.78 is 4.58. The third-order valence-corrected chi connectivity index (χ3v) is 2.48. The van der Waals surface area contributed by atoms with Crippen molar-refractivity contribution in [2.75, 3.05) is 7.11 Å². The first-order valence-electron chi connectivity index (χ1n) is 4.68. The number of esters is 1. The number of methoxy groups -OCH3 is 1. The molecule has 0 aromatic carbocycles. The van der Waals surface area contributed by atoms with E-state index < -0.39 is 5.97 Å². The summed E-state index contributed by atoms with van der Waals surface area (Å²) in [5.74, 6) is -0.589. The Morgan fingerprint density at radius 3 is 2.36 bits per heavy atom. The second kappa shape index (κ2) is 3.56. The van der Waals surface area contributed by atoms with Gasteiger partial charge in [-0.15, -0.1) is 0 Å². The maximum atomic E-state index is 11.7. The van der Waals surface area contributed by atoms with Crippen molar-refractivity contribution < 1.29 is 14.3 Å². The second-order valence-electron chi connectivity index (χ2n) is 4.59. The normalized spacial score (nSPS) is 21.0. The van der Waals surface area contributed by atoms with Crippen LogP contribution in [0.4, 0.5) is 0 Å². The summed E-state index contributed by atoms with van der Waals surface area (Å²) in [6.07, 6.45) is 1.21. The van der Waals surface area contributed by atoms with E-state index in [0.29, 0.717) is 6.42 Å². The maximum absolute atomic E-state index is 11.7. The van der Waals surface area contributed by atoms with Crippen LogP contribution in [-0.2, 0) is 14.3 Å². The van der Waals surface area contributed by atoms with Gasteiger partial charge < -0.3 is 4.74 Å². The number of ether oxygens (including phenoxy) is 1. The first-order chi connectivity index (χ1) is 6.37. The summed E-state index contributed by atoms with van der Waals surface area (Å²) in [7, 11) is 1.30. The van der Waals surface area contributed by atoms with Gasteiger partial charge in [0, 0.05) is 6.42 Å². The van der Waals surface area contributed by atoms with Crippen LogP contribution in [0.1, 0.15) is 33.6 Å². The van der Waals surface area contributed by atoms with Gasteiger partial charge in [-0.05, 0) is 18.8 Å². The molecule has 3 heteroatoms. The number of ketones is 1. The first-order valence-corrected chi connectivity index (χ1v) is 4.68. The number of hydrogen-bond acceptors (Lipinski definition) is 3. The predicted molar refractivity (Wildman–Crippen MR) is 52.7 cm³/mol. The molecule has 0 heterocycles. The Labute approximate surface area is 84.1 Å². The molecule has 0 unspecified atom stereocenters. The molecule has 0 aromatic rings. The molecule has 1 rings (SSSR count). The van der Waals surface area contributed by atoms with Gasteiger partial charge in [0.1, 0.15) is 5.57 Å². The Balaban J connectivity index is 3.05. The highest BCUT2D eigenvalue weighted by atomic mass is 16.5. The van der Waals surface area contributed by atoms with Crippen LogP contribution in [0, 0.1) is 5.41 Å². The summed E-state index contributed by atoms with van der Waals surface area (Å²) in [6.45, 7) is 5.88. The van der Waals surface area contributed by atoms with Crippen molar-refractivity contribution in [3.63, 3.8) is 0 Å². The van der Waals surface area contributed by atoms with Crippen molar-refractivity contribution >= 4 is 11.8 Å². The third kappa shape index (κ3) is 2.03. The molecule has 0 amide bonds. The van der Waals surface area contributed by atoms with E-state index in [-0.39, 0.29) is 16.8 Å². The minimum absolute atomic E-state index is 0.0291. The minimum atomic E-state index is -0.497. The molecule has 0 aliphatic heterocycles. The van der Waals surface area contributed by atoms with Crippen LogP contribution in [-0.4, -0.2) is 18.9 Å². The SMILES string of the molecule is COC(=O)C1=C(C)CC(C)(C)CC1=O. The zero-order valence-electron chi connectivity index (χ0n) is 9.14. The molecule has 0 bridgehead atoms. The zero-order chi connectivity index (χ0) is 10.9. The summed E-state index contributed by atoms with van der Waals surface area (Å²) in [4.78, 5) is 23.0. The number of allylic oxidation sites excluding steroid dienone is 1. The first kappa shape index (κ1) is 11.0. The molecule has 0 saturated carbocycles. The van der Waals surface area contributed by atoms with Crippen LogP contribution in [0.15, 0.2) is 11.1 Å². The Hall–Kier alpha value is -1.12. The smallest absolute Gasteiger partial charge is 0.341 e. The Morgan fingerprint density at radius 2 is 1.93 bits per heavy atom. The van der Waals surface area contributed by atoms with Gasteiger partial charge in [-0.2, -0.15) is 0 Å². The van der Waals surface area contributed by atoms with Crippen LogP contribution >= 0.6 is 0 Å². The van der Waals surface area contributed by atoms with Gasteiger partial charge >= 0.3 is 5.97 Å². The molecule has 1 aliphatic carbocycles. The number of carbonyl (C=O) groups is 2. The standard InChI is InChI=1S/C11H16O3/c1-7-5-11(2,3)6-8(12)9(7)10(13)14-4/h5-6H2,1-4H3. The number of rotatable bonds is 1. The molecule has 0 N–H and O–H groups in total. The molecule has 14 heavy (non-hydrogen) atoms. The number of carbonyl (C=O) groups excluding carboxylic acids is 2. The highest BCUT2D eigenvalue weighted by Gasteiger charge is 2.34. The largest absolute Gasteiger partial charge is 0.465 e. The van der Waals surface area contributed by atoms with E-state index in [9.17, 15) is 9.59 Å². The molecular weight excluding hydrogens is 180 g/mol. The summed E-state index contributed by atoms with van der Waals surface area (Å²) in [5.41, 5.74) is 1.07. The fraction of sp³-hybridized carbons (Fsp3) is 0.636. The summed E-state index contributed by atoms with van der Waals surface area (Å²) in [6, 6.07) is 0. The zero-order valence-corrected chi connectivity index (χ0v) is 9.14. The van der Waals surface area contributed by atoms with E-state index in [0.717, 1.165) is 12.0 Å². The number of hydrogen-bond donors (Lipinski definition) is 0. The van der Waals surface area contributed by atoms with E-state index >= 15 is 0 Å². The Morgan fingerprint density at radius 1 is 1.36 bits per heavy atom. The molecule has 0 atom stereocenters. The fourth-order valence-electron chi connectivity index (χ4n) is 2.02. The molecule has 78 valence electrons. The van der Waals surface area contributed by atoms with Gasteiger partial charge in [0.25, 0.3) is 0 Å². The monoisotopic (exact) mass is 196 g/mol. The van der Waals surface area contributed by atoms with E-state index in [1.165, 1.54) is 7.11 Å². The van der Waals surface area contributed by atoms with Crippen LogP contribution in [0.2, 0.25) is 0 Å². The lowest BCUT2D eigenvalue weighted by Crippen LogP contribution is -2.28. The van der Waals surface area contributed by atoms with Crippen molar-refractivity contribution in [2.45, 2.75) is 33.6 Å². The van der Waals surface area contributed by atoms with Crippen LogP contribution in [0.5, 0.6) is 0 Å². The highest BCUT2D eigenvalue weighted by molar-refractivity contribution is 6.18. The van der Waals surface area contributed by atoms with Crippen molar-refractivity contribution in [3.8, 4) is 0 Å². The van der Waals surface area contributed by atoms with E-state index in [1.807, 2.05) is 20.8 Å². The van der Waals surface area contributed by atoms with Gasteiger partial charge in [-0.3, -0.25) is 4.79 Å². The molecule has 3 nitrogen and oxygen atoms in total. The molecule has 0 fully saturated rings. The van der Waals surface area contributed by atoms with E-state index in [1.54, 1.807) is 0 Å². The lowest BCUT2D eigenvalue weighted by atomic mass is 9.74. The lowest BCUT2D eigenvalue weighted by molar-refractivity contribution is -0.138. The molecule has 1 aliphatic rings. The molecule has 0 aromatic heterocycles. The van der Waals surface area contributed by atoms with Gasteiger partial charge in [0.2, 0.25) is 0 Å². The Kier molecular flexibility index (Phi) is 2.79. The van der Waals surface area contributed by atoms with Gasteiger partial charge in [0.15, 0.2) is 5.78 Å². The quantitative estimate of drug-likeness (QED) is 0.475. The molecular formula is C11H16O3. The van der Waals surface area contributed by atoms with Crippen molar-refractivity contribution in [1.82, 2.24) is 0 Å². The summed E-state index contributed by atoms with van der Waals surface area (Å²) in [5, 5.41) is 0.